The predicted molar refractivity (Wildman–Crippen MR) is 132 cm³/mol. The van der Waals surface area contributed by atoms with E-state index in [1.54, 1.807) is 0 Å². The number of aldehydes is 1. The van der Waals surface area contributed by atoms with E-state index in [0.29, 0.717) is 43.0 Å². The van der Waals surface area contributed by atoms with E-state index in [4.69, 9.17) is 9.47 Å². The maximum Gasteiger partial charge on any atom is 0.171 e. The standard InChI is InChI=1S/C30H38O5/c1-3-11-29(33)13-9-24-22-8-12-28(32)19-30(34-15-16-35-30)14-10-25(28)26(22)23(17-27(24,29)2)21-6-4-20(18-31)5-7-21/h4-7,18,22-26,32-33H,8-10,12-17,19H2,1-2H3. The lowest BCUT2D eigenvalue weighted by atomic mass is 9.44. The van der Waals surface area contributed by atoms with Crippen molar-refractivity contribution in [1.82, 2.24) is 0 Å². The molecule has 5 nitrogen and oxygen atoms in total. The van der Waals surface area contributed by atoms with Crippen molar-refractivity contribution in [2.45, 2.75) is 88.1 Å². The lowest BCUT2D eigenvalue weighted by Crippen LogP contribution is -2.62. The Morgan fingerprint density at radius 1 is 1.00 bits per heavy atom. The van der Waals surface area contributed by atoms with Crippen LogP contribution in [-0.4, -0.2) is 46.7 Å². The molecule has 5 aliphatic rings. The van der Waals surface area contributed by atoms with Crippen LogP contribution < -0.4 is 0 Å². The van der Waals surface area contributed by atoms with E-state index >= 15 is 0 Å². The largest absolute Gasteiger partial charge is 0.389 e. The van der Waals surface area contributed by atoms with Gasteiger partial charge in [0, 0.05) is 23.8 Å². The number of aliphatic hydroxyl groups is 2. The fourth-order valence-electron chi connectivity index (χ4n) is 9.30. The van der Waals surface area contributed by atoms with Gasteiger partial charge in [-0.05, 0) is 80.6 Å². The molecule has 2 N–H and O–H groups in total. The molecular formula is C30H38O5. The summed E-state index contributed by atoms with van der Waals surface area (Å²) in [4.78, 5) is 11.3. The highest BCUT2D eigenvalue weighted by molar-refractivity contribution is 5.74. The average molecular weight is 479 g/mol. The van der Waals surface area contributed by atoms with Crippen LogP contribution in [0.2, 0.25) is 0 Å². The average Bonchev–Trinajstić information content (AvgIpc) is 3.40. The molecule has 1 aliphatic heterocycles. The van der Waals surface area contributed by atoms with Gasteiger partial charge in [0.2, 0.25) is 0 Å². The smallest absolute Gasteiger partial charge is 0.171 e. The van der Waals surface area contributed by atoms with Crippen LogP contribution in [0.25, 0.3) is 0 Å². The van der Waals surface area contributed by atoms with Crippen molar-refractivity contribution >= 4 is 6.29 Å². The number of ether oxygens (including phenoxy) is 2. The zero-order valence-corrected chi connectivity index (χ0v) is 21.0. The number of fused-ring (bicyclic) bond motifs is 5. The number of hydrogen-bond donors (Lipinski definition) is 2. The van der Waals surface area contributed by atoms with Gasteiger partial charge in [-0.1, -0.05) is 37.1 Å². The zero-order chi connectivity index (χ0) is 24.5. The summed E-state index contributed by atoms with van der Waals surface area (Å²) in [5.41, 5.74) is -0.185. The molecule has 6 rings (SSSR count). The van der Waals surface area contributed by atoms with Gasteiger partial charge >= 0.3 is 0 Å². The van der Waals surface area contributed by atoms with E-state index < -0.39 is 17.0 Å². The monoisotopic (exact) mass is 478 g/mol. The second-order valence-electron chi connectivity index (χ2n) is 12.2. The molecule has 4 saturated carbocycles. The van der Waals surface area contributed by atoms with Crippen molar-refractivity contribution in [2.75, 3.05) is 13.2 Å². The predicted octanol–water partition coefficient (Wildman–Crippen LogP) is 4.46. The third kappa shape index (κ3) is 3.40. The quantitative estimate of drug-likeness (QED) is 0.485. The summed E-state index contributed by atoms with van der Waals surface area (Å²) in [5.74, 6) is 7.14. The van der Waals surface area contributed by atoms with Crippen molar-refractivity contribution < 1.29 is 24.5 Å². The summed E-state index contributed by atoms with van der Waals surface area (Å²) in [6.07, 6.45) is 7.42. The maximum atomic E-state index is 12.1. The van der Waals surface area contributed by atoms with Crippen LogP contribution in [0.15, 0.2) is 24.3 Å². The molecule has 35 heavy (non-hydrogen) atoms. The van der Waals surface area contributed by atoms with Crippen molar-refractivity contribution in [3.8, 4) is 11.8 Å². The molecule has 1 aromatic carbocycles. The molecule has 8 unspecified atom stereocenters. The number of benzene rings is 1. The van der Waals surface area contributed by atoms with Crippen molar-refractivity contribution in [3.63, 3.8) is 0 Å². The normalized spacial score (nSPS) is 45.7. The molecule has 5 heteroatoms. The van der Waals surface area contributed by atoms with E-state index in [1.807, 2.05) is 19.1 Å². The van der Waals surface area contributed by atoms with Crippen molar-refractivity contribution in [2.24, 2.45) is 29.1 Å². The lowest BCUT2D eigenvalue weighted by Gasteiger charge is -2.62. The summed E-state index contributed by atoms with van der Waals surface area (Å²) in [6, 6.07) is 8.00. The molecule has 1 spiro atoms. The van der Waals surface area contributed by atoms with Crippen LogP contribution in [0.5, 0.6) is 0 Å². The summed E-state index contributed by atoms with van der Waals surface area (Å²) in [6.45, 7) is 5.29. The maximum absolute atomic E-state index is 12.1. The molecule has 8 atom stereocenters. The SMILES string of the molecule is CC#CC1(O)CCC2C3CCC4(O)CC5(CCC4C3C(c3ccc(C=O)cc3)CC21C)OCCO5. The Morgan fingerprint density at radius 3 is 2.40 bits per heavy atom. The van der Waals surface area contributed by atoms with Gasteiger partial charge in [0.15, 0.2) is 5.79 Å². The number of carbonyl (C=O) groups excluding carboxylic acids is 1. The highest BCUT2D eigenvalue weighted by Crippen LogP contribution is 2.69. The first-order valence-corrected chi connectivity index (χ1v) is 13.5. The molecule has 188 valence electrons. The van der Waals surface area contributed by atoms with Gasteiger partial charge in [0.25, 0.3) is 0 Å². The Kier molecular flexibility index (Phi) is 5.51. The van der Waals surface area contributed by atoms with E-state index in [1.165, 1.54) is 5.56 Å². The highest BCUT2D eigenvalue weighted by Gasteiger charge is 2.67. The molecule has 5 fully saturated rings. The van der Waals surface area contributed by atoms with Crippen LogP contribution >= 0.6 is 0 Å². The molecule has 0 amide bonds. The molecule has 1 heterocycles. The van der Waals surface area contributed by atoms with Crippen LogP contribution in [0.3, 0.4) is 0 Å². The van der Waals surface area contributed by atoms with Gasteiger partial charge in [0.1, 0.15) is 11.9 Å². The minimum absolute atomic E-state index is 0.172. The van der Waals surface area contributed by atoms with Gasteiger partial charge < -0.3 is 19.7 Å². The highest BCUT2D eigenvalue weighted by atomic mass is 16.7. The third-order valence-electron chi connectivity index (χ3n) is 10.8. The first-order valence-electron chi connectivity index (χ1n) is 13.5. The van der Waals surface area contributed by atoms with Crippen LogP contribution in [0.4, 0.5) is 0 Å². The first-order chi connectivity index (χ1) is 16.8. The van der Waals surface area contributed by atoms with E-state index in [0.717, 1.165) is 51.2 Å². The summed E-state index contributed by atoms with van der Waals surface area (Å²) < 4.78 is 12.1. The summed E-state index contributed by atoms with van der Waals surface area (Å²) in [5, 5.41) is 23.9. The van der Waals surface area contributed by atoms with Crippen LogP contribution in [0.1, 0.15) is 87.1 Å². The molecule has 0 bridgehead atoms. The number of carbonyl (C=O) groups is 1. The minimum atomic E-state index is -0.978. The molecule has 1 saturated heterocycles. The van der Waals surface area contributed by atoms with E-state index in [9.17, 15) is 15.0 Å². The van der Waals surface area contributed by atoms with Crippen molar-refractivity contribution in [3.05, 3.63) is 35.4 Å². The molecule has 0 radical (unpaired) electrons. The topological polar surface area (TPSA) is 76.0 Å². The van der Waals surface area contributed by atoms with Gasteiger partial charge in [-0.2, -0.15) is 0 Å². The van der Waals surface area contributed by atoms with E-state index in [-0.39, 0.29) is 17.3 Å². The fourth-order valence-corrected chi connectivity index (χ4v) is 9.30. The Balaban J connectivity index is 1.42. The molecule has 4 aliphatic carbocycles. The Morgan fingerprint density at radius 2 is 1.71 bits per heavy atom. The second-order valence-corrected chi connectivity index (χ2v) is 12.2. The number of rotatable bonds is 2. The first kappa shape index (κ1) is 23.7. The van der Waals surface area contributed by atoms with Gasteiger partial charge in [0.05, 0.1) is 18.8 Å². The lowest BCUT2D eigenvalue weighted by molar-refractivity contribution is -0.259. The van der Waals surface area contributed by atoms with Gasteiger partial charge in [-0.25, -0.2) is 0 Å². The molecule has 0 aromatic heterocycles. The Labute approximate surface area is 208 Å². The Bertz CT molecular complexity index is 1050. The van der Waals surface area contributed by atoms with Crippen molar-refractivity contribution in [1.29, 1.82) is 0 Å². The minimum Gasteiger partial charge on any atom is -0.389 e. The molecular weight excluding hydrogens is 440 g/mol. The van der Waals surface area contributed by atoms with Crippen LogP contribution in [0, 0.1) is 40.9 Å². The second kappa shape index (κ2) is 8.15. The zero-order valence-electron chi connectivity index (χ0n) is 21.0. The van der Waals surface area contributed by atoms with E-state index in [2.05, 4.69) is 30.9 Å². The fraction of sp³-hybridized carbons (Fsp3) is 0.700. The Hall–Kier alpha value is -1.71. The third-order valence-corrected chi connectivity index (χ3v) is 10.8. The summed E-state index contributed by atoms with van der Waals surface area (Å²) >= 11 is 0. The molecule has 1 aromatic rings. The number of hydrogen-bond acceptors (Lipinski definition) is 5. The summed E-state index contributed by atoms with van der Waals surface area (Å²) in [7, 11) is 0. The van der Waals surface area contributed by atoms with Gasteiger partial charge in [-0.15, -0.1) is 5.92 Å². The van der Waals surface area contributed by atoms with Crippen LogP contribution in [-0.2, 0) is 9.47 Å². The van der Waals surface area contributed by atoms with Gasteiger partial charge in [-0.3, -0.25) is 4.79 Å².